The largest absolute Gasteiger partial charge is 0.467 e. The van der Waals surface area contributed by atoms with Gasteiger partial charge in [-0.3, -0.25) is 4.98 Å². The van der Waals surface area contributed by atoms with E-state index < -0.39 is 11.7 Å². The molecular weight excluding hydrogens is 344 g/mol. The minimum atomic E-state index is -0.504. The highest BCUT2D eigenvalue weighted by Gasteiger charge is 2.15. The Morgan fingerprint density at radius 2 is 1.96 bits per heavy atom. The smallest absolute Gasteiger partial charge is 0.407 e. The number of nitrogens with one attached hydrogen (secondary N) is 1. The van der Waals surface area contributed by atoms with Crippen molar-refractivity contribution >= 4 is 6.09 Å². The van der Waals surface area contributed by atoms with Crippen molar-refractivity contribution < 1.29 is 19.0 Å². The monoisotopic (exact) mass is 372 g/mol. The van der Waals surface area contributed by atoms with Gasteiger partial charge in [-0.05, 0) is 63.4 Å². The van der Waals surface area contributed by atoms with Crippen LogP contribution in [0.1, 0.15) is 31.9 Å². The highest BCUT2D eigenvalue weighted by molar-refractivity contribution is 5.71. The molecule has 0 saturated carbocycles. The van der Waals surface area contributed by atoms with Crippen LogP contribution in [0.25, 0.3) is 11.1 Å². The number of carbonyl (C=O) groups excluding carboxylic acids is 1. The second-order valence-corrected chi connectivity index (χ2v) is 7.31. The summed E-state index contributed by atoms with van der Waals surface area (Å²) in [4.78, 5) is 16.0. The van der Waals surface area contributed by atoms with Crippen LogP contribution >= 0.6 is 0 Å². The van der Waals surface area contributed by atoms with Gasteiger partial charge < -0.3 is 19.5 Å². The summed E-state index contributed by atoms with van der Waals surface area (Å²) in [6, 6.07) is 8.01. The predicted molar refractivity (Wildman–Crippen MR) is 105 cm³/mol. The lowest BCUT2D eigenvalue weighted by molar-refractivity contribution is 0.0513. The van der Waals surface area contributed by atoms with E-state index in [1.165, 1.54) is 0 Å². The predicted octanol–water partition coefficient (Wildman–Crippen LogP) is 4.11. The van der Waals surface area contributed by atoms with Crippen LogP contribution in [0.15, 0.2) is 36.7 Å². The Labute approximate surface area is 160 Å². The third kappa shape index (κ3) is 6.90. The van der Waals surface area contributed by atoms with Crippen LogP contribution in [0.4, 0.5) is 4.79 Å². The molecule has 0 aliphatic heterocycles. The Bertz CT molecular complexity index is 769. The van der Waals surface area contributed by atoms with Crippen LogP contribution < -0.4 is 10.1 Å². The van der Waals surface area contributed by atoms with Crippen molar-refractivity contribution in [3.8, 4) is 16.9 Å². The van der Waals surface area contributed by atoms with Crippen molar-refractivity contribution in [1.29, 1.82) is 0 Å². The summed E-state index contributed by atoms with van der Waals surface area (Å²) in [6.07, 6.45) is 3.89. The fourth-order valence-electron chi connectivity index (χ4n) is 2.53. The Morgan fingerprint density at radius 3 is 2.63 bits per heavy atom. The van der Waals surface area contributed by atoms with E-state index in [1.54, 1.807) is 7.11 Å². The zero-order chi connectivity index (χ0) is 19.9. The van der Waals surface area contributed by atoms with Crippen molar-refractivity contribution in [3.63, 3.8) is 0 Å². The molecule has 1 amide bonds. The van der Waals surface area contributed by atoms with Gasteiger partial charge in [-0.15, -0.1) is 0 Å². The van der Waals surface area contributed by atoms with Gasteiger partial charge in [0.25, 0.3) is 0 Å². The van der Waals surface area contributed by atoms with Gasteiger partial charge in [-0.1, -0.05) is 6.07 Å². The molecule has 6 heteroatoms. The first-order chi connectivity index (χ1) is 12.8. The Hall–Kier alpha value is -2.60. The van der Waals surface area contributed by atoms with Crippen LogP contribution in [0, 0.1) is 6.92 Å². The SMILES string of the molecule is COCOc1ccc(CCNC(=O)OC(C)(C)C)cc1-c1cncc(C)c1. The first kappa shape index (κ1) is 20.7. The second kappa shape index (κ2) is 9.37. The molecule has 6 nitrogen and oxygen atoms in total. The van der Waals surface area contributed by atoms with Gasteiger partial charge >= 0.3 is 6.09 Å². The first-order valence-electron chi connectivity index (χ1n) is 8.92. The molecular formula is C21H28N2O4. The standard InChI is InChI=1S/C21H28N2O4/c1-15-10-17(13-22-12-15)18-11-16(6-7-19(18)26-14-25-5)8-9-23-20(24)27-21(2,3)4/h6-7,10-13H,8-9,14H2,1-5H3,(H,23,24). The van der Waals surface area contributed by atoms with Crippen LogP contribution in [0.5, 0.6) is 5.75 Å². The van der Waals surface area contributed by atoms with Crippen LogP contribution in [-0.4, -0.2) is 37.1 Å². The molecule has 146 valence electrons. The summed E-state index contributed by atoms with van der Waals surface area (Å²) < 4.78 is 16.0. The summed E-state index contributed by atoms with van der Waals surface area (Å²) in [5.41, 5.74) is 3.56. The summed E-state index contributed by atoms with van der Waals surface area (Å²) >= 11 is 0. The molecule has 27 heavy (non-hydrogen) atoms. The number of benzene rings is 1. The molecule has 0 spiro atoms. The van der Waals surface area contributed by atoms with E-state index in [-0.39, 0.29) is 6.79 Å². The van der Waals surface area contributed by atoms with Gasteiger partial charge in [-0.2, -0.15) is 0 Å². The number of ether oxygens (including phenoxy) is 3. The van der Waals surface area contributed by atoms with Gasteiger partial charge in [0.05, 0.1) is 0 Å². The highest BCUT2D eigenvalue weighted by Crippen LogP contribution is 2.31. The minimum absolute atomic E-state index is 0.172. The average Bonchev–Trinajstić information content (AvgIpc) is 2.59. The van der Waals surface area contributed by atoms with Crippen molar-refractivity contribution in [2.45, 2.75) is 39.7 Å². The minimum Gasteiger partial charge on any atom is -0.467 e. The fourth-order valence-corrected chi connectivity index (χ4v) is 2.53. The molecule has 0 aliphatic carbocycles. The number of pyridine rings is 1. The molecule has 1 heterocycles. The van der Waals surface area contributed by atoms with E-state index in [0.29, 0.717) is 13.0 Å². The molecule has 1 aromatic heterocycles. The molecule has 0 saturated heterocycles. The molecule has 2 rings (SSSR count). The molecule has 1 aromatic carbocycles. The van der Waals surface area contributed by atoms with Crippen LogP contribution in [-0.2, 0) is 15.9 Å². The van der Waals surface area contributed by atoms with E-state index in [4.69, 9.17) is 14.2 Å². The maximum atomic E-state index is 11.8. The van der Waals surface area contributed by atoms with E-state index >= 15 is 0 Å². The maximum absolute atomic E-state index is 11.8. The van der Waals surface area contributed by atoms with E-state index in [1.807, 2.05) is 52.2 Å². The first-order valence-corrected chi connectivity index (χ1v) is 8.92. The molecule has 0 radical (unpaired) electrons. The number of hydrogen-bond donors (Lipinski definition) is 1. The highest BCUT2D eigenvalue weighted by atomic mass is 16.7. The number of rotatable bonds is 7. The van der Waals surface area contributed by atoms with Crippen LogP contribution in [0.2, 0.25) is 0 Å². The lowest BCUT2D eigenvalue weighted by atomic mass is 10.0. The molecule has 0 bridgehead atoms. The number of nitrogens with zero attached hydrogens (tertiary/aromatic N) is 1. The van der Waals surface area contributed by atoms with Crippen LogP contribution in [0.3, 0.4) is 0 Å². The van der Waals surface area contributed by atoms with E-state index in [0.717, 1.165) is 28.0 Å². The Balaban J connectivity index is 2.12. The Morgan fingerprint density at radius 1 is 1.19 bits per heavy atom. The van der Waals surface area contributed by atoms with Crippen molar-refractivity contribution in [2.24, 2.45) is 0 Å². The quantitative estimate of drug-likeness (QED) is 0.741. The normalized spacial score (nSPS) is 11.1. The number of alkyl carbamates (subject to hydrolysis) is 1. The molecule has 0 fully saturated rings. The van der Waals surface area contributed by atoms with Gasteiger partial charge in [0.1, 0.15) is 11.4 Å². The van der Waals surface area contributed by atoms with Crippen molar-refractivity contribution in [3.05, 3.63) is 47.8 Å². The number of aromatic nitrogens is 1. The second-order valence-electron chi connectivity index (χ2n) is 7.31. The number of hydrogen-bond acceptors (Lipinski definition) is 5. The van der Waals surface area contributed by atoms with Gasteiger partial charge in [0.2, 0.25) is 0 Å². The number of methoxy groups -OCH3 is 1. The molecule has 0 aliphatic rings. The molecule has 0 unspecified atom stereocenters. The third-order valence-electron chi connectivity index (χ3n) is 3.64. The maximum Gasteiger partial charge on any atom is 0.407 e. The Kier molecular flexibility index (Phi) is 7.19. The summed E-state index contributed by atoms with van der Waals surface area (Å²) in [7, 11) is 1.59. The number of carbonyl (C=O) groups is 1. The van der Waals surface area contributed by atoms with Crippen molar-refractivity contribution in [1.82, 2.24) is 10.3 Å². The topological polar surface area (TPSA) is 69.7 Å². The fraction of sp³-hybridized carbons (Fsp3) is 0.429. The zero-order valence-corrected chi connectivity index (χ0v) is 16.7. The zero-order valence-electron chi connectivity index (χ0n) is 16.7. The summed E-state index contributed by atoms with van der Waals surface area (Å²) in [5.74, 6) is 0.730. The van der Waals surface area contributed by atoms with Crippen molar-refractivity contribution in [2.75, 3.05) is 20.4 Å². The number of aryl methyl sites for hydroxylation is 1. The van der Waals surface area contributed by atoms with E-state index in [9.17, 15) is 4.79 Å². The average molecular weight is 372 g/mol. The summed E-state index contributed by atoms with van der Waals surface area (Å²) in [6.45, 7) is 8.18. The lowest BCUT2D eigenvalue weighted by Crippen LogP contribution is -2.33. The van der Waals surface area contributed by atoms with Gasteiger partial charge in [0.15, 0.2) is 6.79 Å². The van der Waals surface area contributed by atoms with Gasteiger partial charge in [0, 0.05) is 37.2 Å². The van der Waals surface area contributed by atoms with Gasteiger partial charge in [-0.25, -0.2) is 4.79 Å². The summed E-state index contributed by atoms with van der Waals surface area (Å²) in [5, 5.41) is 2.78. The molecule has 1 N–H and O–H groups in total. The number of amides is 1. The van der Waals surface area contributed by atoms with E-state index in [2.05, 4.69) is 22.4 Å². The third-order valence-corrected chi connectivity index (χ3v) is 3.64. The molecule has 2 aromatic rings. The molecule has 0 atom stereocenters. The lowest BCUT2D eigenvalue weighted by Gasteiger charge is -2.19.